The minimum atomic E-state index is -0.438. The summed E-state index contributed by atoms with van der Waals surface area (Å²) >= 11 is 0. The van der Waals surface area contributed by atoms with Gasteiger partial charge in [0.05, 0.1) is 11.3 Å². The van der Waals surface area contributed by atoms with Crippen molar-refractivity contribution >= 4 is 11.6 Å². The number of nitro groups is 1. The fourth-order valence-electron chi connectivity index (χ4n) is 2.58. The molecular formula is C14H19N3O3. The third kappa shape index (κ3) is 3.54. The molecule has 6 heteroatoms. The summed E-state index contributed by atoms with van der Waals surface area (Å²) < 4.78 is 0. The lowest BCUT2D eigenvalue weighted by molar-refractivity contribution is -0.384. The molecule has 2 rings (SSSR count). The molecule has 0 radical (unpaired) electrons. The number of hydrogen-bond acceptors (Lipinski definition) is 4. The van der Waals surface area contributed by atoms with E-state index in [1.165, 1.54) is 12.1 Å². The van der Waals surface area contributed by atoms with Crippen molar-refractivity contribution in [3.8, 4) is 0 Å². The lowest BCUT2D eigenvalue weighted by Gasteiger charge is -2.16. The number of nitrogens with zero attached hydrogens (tertiary/aromatic N) is 2. The maximum Gasteiger partial charge on any atom is 0.269 e. The average Bonchev–Trinajstić information content (AvgIpc) is 2.88. The number of hydrogen-bond donors (Lipinski definition) is 1. The first kappa shape index (κ1) is 14.5. The zero-order chi connectivity index (χ0) is 14.5. The molecule has 1 aromatic rings. The lowest BCUT2D eigenvalue weighted by Crippen LogP contribution is -2.31. The summed E-state index contributed by atoms with van der Waals surface area (Å²) in [5.41, 5.74) is 0.728. The van der Waals surface area contributed by atoms with E-state index in [2.05, 4.69) is 5.32 Å². The van der Waals surface area contributed by atoms with Gasteiger partial charge in [-0.2, -0.15) is 0 Å². The fourth-order valence-corrected chi connectivity index (χ4v) is 2.58. The highest BCUT2D eigenvalue weighted by Crippen LogP contribution is 2.18. The Hall–Kier alpha value is -1.95. The number of amides is 1. The van der Waals surface area contributed by atoms with Crippen LogP contribution in [0, 0.1) is 16.0 Å². The Balaban J connectivity index is 1.95. The van der Waals surface area contributed by atoms with Crippen LogP contribution in [0.15, 0.2) is 24.3 Å². The Labute approximate surface area is 117 Å². The predicted molar refractivity (Wildman–Crippen MR) is 75.4 cm³/mol. The minimum Gasteiger partial charge on any atom is -0.342 e. The molecule has 1 amide bonds. The van der Waals surface area contributed by atoms with Crippen LogP contribution in [0.1, 0.15) is 12.0 Å². The smallest absolute Gasteiger partial charge is 0.269 e. The van der Waals surface area contributed by atoms with Crippen molar-refractivity contribution in [3.63, 3.8) is 0 Å². The topological polar surface area (TPSA) is 75.5 Å². The average molecular weight is 277 g/mol. The second-order valence-electron chi connectivity index (χ2n) is 5.16. The quantitative estimate of drug-likeness (QED) is 0.648. The maximum absolute atomic E-state index is 12.2. The second kappa shape index (κ2) is 6.47. The van der Waals surface area contributed by atoms with E-state index in [0.29, 0.717) is 11.5 Å². The summed E-state index contributed by atoms with van der Waals surface area (Å²) in [6.07, 6.45) is 1.25. The summed E-state index contributed by atoms with van der Waals surface area (Å²) in [5, 5.41) is 13.8. The van der Waals surface area contributed by atoms with Crippen molar-refractivity contribution in [2.45, 2.75) is 12.8 Å². The molecule has 1 N–H and O–H groups in total. The van der Waals surface area contributed by atoms with Crippen LogP contribution < -0.4 is 5.32 Å². The zero-order valence-electron chi connectivity index (χ0n) is 11.5. The van der Waals surface area contributed by atoms with Gasteiger partial charge in [0.25, 0.3) is 5.69 Å². The molecule has 0 spiro atoms. The molecule has 6 nitrogen and oxygen atoms in total. The number of carbonyl (C=O) groups is 1. The molecule has 20 heavy (non-hydrogen) atoms. The van der Waals surface area contributed by atoms with Crippen LogP contribution in [-0.4, -0.2) is 42.4 Å². The van der Waals surface area contributed by atoms with E-state index in [4.69, 9.17) is 0 Å². The molecule has 0 aliphatic carbocycles. The highest BCUT2D eigenvalue weighted by atomic mass is 16.6. The number of non-ortho nitro benzene ring substituents is 1. The number of nitro benzene ring substituents is 1. The molecule has 1 atom stereocenters. The predicted octanol–water partition coefficient (Wildman–Crippen LogP) is 1.21. The van der Waals surface area contributed by atoms with Crippen molar-refractivity contribution in [2.75, 3.05) is 26.7 Å². The molecular weight excluding hydrogens is 258 g/mol. The van der Waals surface area contributed by atoms with Gasteiger partial charge < -0.3 is 10.2 Å². The van der Waals surface area contributed by atoms with Crippen LogP contribution in [-0.2, 0) is 11.2 Å². The Bertz CT molecular complexity index is 504. The van der Waals surface area contributed by atoms with E-state index in [-0.39, 0.29) is 18.0 Å². The first-order chi connectivity index (χ1) is 9.60. The third-order valence-corrected chi connectivity index (χ3v) is 3.61. The van der Waals surface area contributed by atoms with Crippen molar-refractivity contribution < 1.29 is 9.72 Å². The number of nitrogens with one attached hydrogen (secondary N) is 1. The van der Waals surface area contributed by atoms with Crippen molar-refractivity contribution in [3.05, 3.63) is 39.9 Å². The van der Waals surface area contributed by atoms with Crippen molar-refractivity contribution in [1.29, 1.82) is 0 Å². The highest BCUT2D eigenvalue weighted by Gasteiger charge is 2.25. The third-order valence-electron chi connectivity index (χ3n) is 3.61. The second-order valence-corrected chi connectivity index (χ2v) is 5.16. The van der Waals surface area contributed by atoms with Gasteiger partial charge in [0, 0.05) is 25.2 Å². The van der Waals surface area contributed by atoms with Crippen LogP contribution in [0.25, 0.3) is 0 Å². The molecule has 0 saturated carbocycles. The largest absolute Gasteiger partial charge is 0.342 e. The van der Waals surface area contributed by atoms with E-state index >= 15 is 0 Å². The van der Waals surface area contributed by atoms with Gasteiger partial charge in [-0.25, -0.2) is 0 Å². The summed E-state index contributed by atoms with van der Waals surface area (Å²) in [4.78, 5) is 24.3. The Morgan fingerprint density at radius 2 is 2.35 bits per heavy atom. The number of rotatable bonds is 5. The molecule has 0 aromatic heterocycles. The molecule has 0 bridgehead atoms. The fraction of sp³-hybridized carbons (Fsp3) is 0.500. The Morgan fingerprint density at radius 3 is 3.05 bits per heavy atom. The molecule has 1 unspecified atom stereocenters. The molecule has 1 aliphatic rings. The molecule has 1 fully saturated rings. The monoisotopic (exact) mass is 277 g/mol. The standard InChI is InChI=1S/C14H19N3O3/c1-15-9-12-5-6-16(10-12)14(18)8-11-3-2-4-13(7-11)17(19)20/h2-4,7,12,15H,5-6,8-10H2,1H3. The summed E-state index contributed by atoms with van der Waals surface area (Å²) in [5.74, 6) is 0.554. The van der Waals surface area contributed by atoms with Crippen molar-refractivity contribution in [2.24, 2.45) is 5.92 Å². The Kier molecular flexibility index (Phi) is 4.68. The minimum absolute atomic E-state index is 0.0322. The molecule has 1 heterocycles. The molecule has 1 saturated heterocycles. The summed E-state index contributed by atoms with van der Waals surface area (Å²) in [7, 11) is 1.91. The maximum atomic E-state index is 12.2. The highest BCUT2D eigenvalue weighted by molar-refractivity contribution is 5.79. The molecule has 108 valence electrons. The zero-order valence-corrected chi connectivity index (χ0v) is 11.5. The van der Waals surface area contributed by atoms with E-state index in [9.17, 15) is 14.9 Å². The van der Waals surface area contributed by atoms with Crippen LogP contribution in [0.5, 0.6) is 0 Å². The van der Waals surface area contributed by atoms with Gasteiger partial charge in [0.2, 0.25) is 5.91 Å². The number of carbonyl (C=O) groups excluding carboxylic acids is 1. The number of benzene rings is 1. The van der Waals surface area contributed by atoms with Gasteiger partial charge in [-0.1, -0.05) is 12.1 Å². The van der Waals surface area contributed by atoms with E-state index in [1.54, 1.807) is 12.1 Å². The van der Waals surface area contributed by atoms with E-state index < -0.39 is 4.92 Å². The summed E-state index contributed by atoms with van der Waals surface area (Å²) in [6, 6.07) is 6.28. The van der Waals surface area contributed by atoms with Crippen molar-refractivity contribution in [1.82, 2.24) is 10.2 Å². The lowest BCUT2D eigenvalue weighted by atomic mass is 10.1. The van der Waals surface area contributed by atoms with Gasteiger partial charge >= 0.3 is 0 Å². The van der Waals surface area contributed by atoms with Gasteiger partial charge in [-0.15, -0.1) is 0 Å². The first-order valence-corrected chi connectivity index (χ1v) is 6.76. The number of likely N-dealkylation sites (tertiary alicyclic amines) is 1. The van der Waals surface area contributed by atoms with Gasteiger partial charge in [-0.3, -0.25) is 14.9 Å². The molecule has 1 aromatic carbocycles. The SMILES string of the molecule is CNCC1CCN(C(=O)Cc2cccc([N+](=O)[O-])c2)C1. The van der Waals surface area contributed by atoms with Crippen LogP contribution in [0.4, 0.5) is 5.69 Å². The van der Waals surface area contributed by atoms with E-state index in [1.807, 2.05) is 11.9 Å². The molecule has 1 aliphatic heterocycles. The van der Waals surface area contributed by atoms with Gasteiger partial charge in [0.1, 0.15) is 0 Å². The van der Waals surface area contributed by atoms with Crippen LogP contribution >= 0.6 is 0 Å². The summed E-state index contributed by atoms with van der Waals surface area (Å²) in [6.45, 7) is 2.47. The van der Waals surface area contributed by atoms with Crippen LogP contribution in [0.2, 0.25) is 0 Å². The van der Waals surface area contributed by atoms with Gasteiger partial charge in [-0.05, 0) is 31.5 Å². The normalized spacial score (nSPS) is 18.2. The van der Waals surface area contributed by atoms with Crippen LogP contribution in [0.3, 0.4) is 0 Å². The first-order valence-electron chi connectivity index (χ1n) is 6.76. The van der Waals surface area contributed by atoms with E-state index in [0.717, 1.165) is 26.1 Å². The van der Waals surface area contributed by atoms with Gasteiger partial charge in [0.15, 0.2) is 0 Å². The Morgan fingerprint density at radius 1 is 1.55 bits per heavy atom.